The van der Waals surface area contributed by atoms with Gasteiger partial charge in [-0.25, -0.2) is 4.39 Å². The zero-order valence-electron chi connectivity index (χ0n) is 16.0. The molecule has 2 aromatic rings. The zero-order chi connectivity index (χ0) is 20.1. The summed E-state index contributed by atoms with van der Waals surface area (Å²) in [5, 5.41) is 2.86. The van der Waals surface area contributed by atoms with Gasteiger partial charge in [0.05, 0.1) is 17.7 Å². The molecule has 1 aliphatic rings. The summed E-state index contributed by atoms with van der Waals surface area (Å²) in [4.78, 5) is 14.5. The average molecular weight is 407 g/mol. The van der Waals surface area contributed by atoms with Gasteiger partial charge in [0.15, 0.2) is 0 Å². The number of methoxy groups -OCH3 is 1. The highest BCUT2D eigenvalue weighted by atomic mass is 35.5. The summed E-state index contributed by atoms with van der Waals surface area (Å²) < 4.78 is 25.3. The molecule has 0 saturated heterocycles. The lowest BCUT2D eigenvalue weighted by Crippen LogP contribution is -2.38. The Morgan fingerprint density at radius 1 is 1.39 bits per heavy atom. The normalized spacial score (nSPS) is 16.6. The number of ether oxygens (including phenoxy) is 2. The molecule has 0 saturated carbocycles. The van der Waals surface area contributed by atoms with Crippen LogP contribution in [-0.4, -0.2) is 43.7 Å². The first-order valence-corrected chi connectivity index (χ1v) is 9.67. The van der Waals surface area contributed by atoms with E-state index in [2.05, 4.69) is 17.1 Å². The van der Waals surface area contributed by atoms with Crippen molar-refractivity contribution < 1.29 is 18.7 Å². The number of hydrogen-bond acceptors (Lipinski definition) is 4. The Bertz CT molecular complexity index is 826. The van der Waals surface area contributed by atoms with E-state index in [-0.39, 0.29) is 16.7 Å². The fourth-order valence-corrected chi connectivity index (χ4v) is 3.49. The number of rotatable bonds is 6. The van der Waals surface area contributed by atoms with Crippen molar-refractivity contribution >= 4 is 17.5 Å². The molecule has 0 fully saturated rings. The van der Waals surface area contributed by atoms with Gasteiger partial charge in [0, 0.05) is 31.7 Å². The van der Waals surface area contributed by atoms with Crippen LogP contribution < -0.4 is 14.8 Å². The van der Waals surface area contributed by atoms with E-state index in [1.54, 1.807) is 7.11 Å². The Labute approximate surface area is 169 Å². The van der Waals surface area contributed by atoms with Gasteiger partial charge in [-0.1, -0.05) is 24.6 Å². The highest BCUT2D eigenvalue weighted by Crippen LogP contribution is 2.29. The quantitative estimate of drug-likeness (QED) is 0.790. The second-order valence-electron chi connectivity index (χ2n) is 6.71. The van der Waals surface area contributed by atoms with E-state index in [0.717, 1.165) is 30.0 Å². The van der Waals surface area contributed by atoms with Crippen LogP contribution in [0.5, 0.6) is 11.5 Å². The van der Waals surface area contributed by atoms with Crippen molar-refractivity contribution in [3.8, 4) is 11.5 Å². The van der Waals surface area contributed by atoms with E-state index >= 15 is 0 Å². The molecule has 150 valence electrons. The van der Waals surface area contributed by atoms with Crippen LogP contribution in [0.4, 0.5) is 4.39 Å². The van der Waals surface area contributed by atoms with Gasteiger partial charge in [-0.15, -0.1) is 0 Å². The average Bonchev–Trinajstić information content (AvgIpc) is 2.85. The SMILES string of the molecule is CCC1CN(CCNC(=O)c2c(F)cccc2Cl)Cc2cc(OC)ccc2O1. The molecular formula is C21H24ClFN2O3. The summed E-state index contributed by atoms with van der Waals surface area (Å²) in [6.07, 6.45) is 0.936. The number of amides is 1. The fraction of sp³-hybridized carbons (Fsp3) is 0.381. The Balaban J connectivity index is 1.65. The number of hydrogen-bond donors (Lipinski definition) is 1. The van der Waals surface area contributed by atoms with Gasteiger partial charge in [0.2, 0.25) is 0 Å². The van der Waals surface area contributed by atoms with E-state index < -0.39 is 11.7 Å². The molecule has 1 atom stereocenters. The molecule has 0 spiro atoms. The summed E-state index contributed by atoms with van der Waals surface area (Å²) in [5.41, 5.74) is 0.920. The van der Waals surface area contributed by atoms with Crippen LogP contribution in [0, 0.1) is 5.82 Å². The van der Waals surface area contributed by atoms with Crippen LogP contribution >= 0.6 is 11.6 Å². The number of halogens is 2. The number of nitrogens with zero attached hydrogens (tertiary/aromatic N) is 1. The molecule has 1 unspecified atom stereocenters. The minimum atomic E-state index is -0.625. The Morgan fingerprint density at radius 2 is 2.21 bits per heavy atom. The maximum atomic E-state index is 13.9. The van der Waals surface area contributed by atoms with Crippen LogP contribution in [0.3, 0.4) is 0 Å². The zero-order valence-corrected chi connectivity index (χ0v) is 16.8. The molecule has 5 nitrogen and oxygen atoms in total. The summed E-state index contributed by atoms with van der Waals surface area (Å²) in [6, 6.07) is 9.99. The first-order chi connectivity index (χ1) is 13.5. The van der Waals surface area contributed by atoms with E-state index in [1.807, 2.05) is 18.2 Å². The van der Waals surface area contributed by atoms with Crippen molar-refractivity contribution in [3.05, 3.63) is 58.4 Å². The van der Waals surface area contributed by atoms with Gasteiger partial charge in [0.25, 0.3) is 5.91 Å². The molecule has 0 aromatic heterocycles. The maximum absolute atomic E-state index is 13.9. The number of fused-ring (bicyclic) bond motifs is 1. The molecule has 28 heavy (non-hydrogen) atoms. The van der Waals surface area contributed by atoms with Gasteiger partial charge in [0.1, 0.15) is 23.4 Å². The number of carbonyl (C=O) groups excluding carboxylic acids is 1. The summed E-state index contributed by atoms with van der Waals surface area (Å²) in [6.45, 7) is 4.48. The van der Waals surface area contributed by atoms with Crippen molar-refractivity contribution in [2.24, 2.45) is 0 Å². The molecule has 7 heteroatoms. The maximum Gasteiger partial charge on any atom is 0.255 e. The highest BCUT2D eigenvalue weighted by molar-refractivity contribution is 6.33. The molecule has 1 aliphatic heterocycles. The standard InChI is InChI=1S/C21H24ClFN2O3/c1-3-15-13-25(12-14-11-16(27-2)7-8-19(14)28-15)10-9-24-21(26)20-17(22)5-4-6-18(20)23/h4-8,11,15H,3,9-10,12-13H2,1-2H3,(H,24,26). The van der Waals surface area contributed by atoms with E-state index in [0.29, 0.717) is 19.6 Å². The number of nitrogens with one attached hydrogen (secondary N) is 1. The second-order valence-corrected chi connectivity index (χ2v) is 7.12. The van der Waals surface area contributed by atoms with Gasteiger partial charge in [-0.2, -0.15) is 0 Å². The lowest BCUT2D eigenvalue weighted by atomic mass is 10.1. The van der Waals surface area contributed by atoms with E-state index in [9.17, 15) is 9.18 Å². The molecule has 1 heterocycles. The molecular weight excluding hydrogens is 383 g/mol. The predicted molar refractivity (Wildman–Crippen MR) is 107 cm³/mol. The second kappa shape index (κ2) is 9.26. The van der Waals surface area contributed by atoms with Crippen LogP contribution in [0.25, 0.3) is 0 Å². The minimum absolute atomic E-state index is 0.0614. The number of benzene rings is 2. The third kappa shape index (κ3) is 4.75. The van der Waals surface area contributed by atoms with Crippen molar-refractivity contribution in [3.63, 3.8) is 0 Å². The Morgan fingerprint density at radius 3 is 2.93 bits per heavy atom. The van der Waals surface area contributed by atoms with Crippen LogP contribution in [-0.2, 0) is 6.54 Å². The molecule has 0 bridgehead atoms. The molecule has 0 aliphatic carbocycles. The van der Waals surface area contributed by atoms with Gasteiger partial charge < -0.3 is 14.8 Å². The minimum Gasteiger partial charge on any atom is -0.497 e. The first kappa shape index (κ1) is 20.4. The van der Waals surface area contributed by atoms with Crippen molar-refractivity contribution in [1.82, 2.24) is 10.2 Å². The van der Waals surface area contributed by atoms with Crippen LogP contribution in [0.1, 0.15) is 29.3 Å². The van der Waals surface area contributed by atoms with Crippen LogP contribution in [0.15, 0.2) is 36.4 Å². The van der Waals surface area contributed by atoms with E-state index in [1.165, 1.54) is 18.2 Å². The summed E-state index contributed by atoms with van der Waals surface area (Å²) >= 11 is 5.96. The fourth-order valence-electron chi connectivity index (χ4n) is 3.25. The lowest BCUT2D eigenvalue weighted by molar-refractivity contribution is 0.0939. The Kier molecular flexibility index (Phi) is 6.75. The van der Waals surface area contributed by atoms with Crippen LogP contribution in [0.2, 0.25) is 5.02 Å². The largest absolute Gasteiger partial charge is 0.497 e. The third-order valence-corrected chi connectivity index (χ3v) is 5.09. The molecule has 3 rings (SSSR count). The number of carbonyl (C=O) groups is 1. The monoisotopic (exact) mass is 406 g/mol. The van der Waals surface area contributed by atoms with Gasteiger partial charge >= 0.3 is 0 Å². The topological polar surface area (TPSA) is 50.8 Å². The molecule has 0 radical (unpaired) electrons. The van der Waals surface area contributed by atoms with E-state index in [4.69, 9.17) is 21.1 Å². The molecule has 2 aromatic carbocycles. The third-order valence-electron chi connectivity index (χ3n) is 4.78. The highest BCUT2D eigenvalue weighted by Gasteiger charge is 2.23. The molecule has 1 amide bonds. The van der Waals surface area contributed by atoms with Crippen molar-refractivity contribution in [1.29, 1.82) is 0 Å². The summed E-state index contributed by atoms with van der Waals surface area (Å²) in [5.74, 6) is 0.501. The van der Waals surface area contributed by atoms with Gasteiger partial charge in [-0.05, 0) is 36.8 Å². The first-order valence-electron chi connectivity index (χ1n) is 9.30. The molecule has 1 N–H and O–H groups in total. The Hall–Kier alpha value is -2.31. The smallest absolute Gasteiger partial charge is 0.255 e. The summed E-state index contributed by atoms with van der Waals surface area (Å²) in [7, 11) is 1.63. The lowest BCUT2D eigenvalue weighted by Gasteiger charge is -2.23. The van der Waals surface area contributed by atoms with Crippen molar-refractivity contribution in [2.45, 2.75) is 26.0 Å². The van der Waals surface area contributed by atoms with Gasteiger partial charge in [-0.3, -0.25) is 9.69 Å². The predicted octanol–water partition coefficient (Wildman–Crippen LogP) is 3.89. The van der Waals surface area contributed by atoms with Crippen molar-refractivity contribution in [2.75, 3.05) is 26.7 Å².